The number of rotatable bonds is 4. The van der Waals surface area contributed by atoms with Gasteiger partial charge in [0.15, 0.2) is 6.10 Å². The third-order valence-corrected chi connectivity index (χ3v) is 6.19. The molecule has 2 fully saturated rings. The predicted molar refractivity (Wildman–Crippen MR) is 109 cm³/mol. The van der Waals surface area contributed by atoms with Crippen molar-refractivity contribution in [3.8, 4) is 17.7 Å². The van der Waals surface area contributed by atoms with Gasteiger partial charge < -0.3 is 9.64 Å². The predicted octanol–water partition coefficient (Wildman–Crippen LogP) is 4.46. The number of piperidine rings is 1. The Balaban J connectivity index is 1.53. The lowest BCUT2D eigenvalue weighted by Gasteiger charge is -2.22. The Morgan fingerprint density at radius 3 is 2.96 bits per heavy atom. The van der Waals surface area contributed by atoms with E-state index in [1.807, 2.05) is 24.3 Å². The molecule has 3 heterocycles. The quantitative estimate of drug-likeness (QED) is 0.709. The Labute approximate surface area is 170 Å². The summed E-state index contributed by atoms with van der Waals surface area (Å²) in [4.78, 5) is 2.54. The fourth-order valence-corrected chi connectivity index (χ4v) is 4.73. The van der Waals surface area contributed by atoms with Gasteiger partial charge in [0.1, 0.15) is 5.69 Å². The molecule has 2 aliphatic rings. The summed E-state index contributed by atoms with van der Waals surface area (Å²) in [6, 6.07) is 7.59. The minimum absolute atomic E-state index is 0.229. The molecule has 2 saturated heterocycles. The number of halogens is 1. The lowest BCUT2D eigenvalue weighted by Crippen LogP contribution is -2.25. The van der Waals surface area contributed by atoms with Crippen LogP contribution >= 0.6 is 23.3 Å². The van der Waals surface area contributed by atoms with Crippen molar-refractivity contribution in [3.05, 3.63) is 40.5 Å². The van der Waals surface area contributed by atoms with Crippen molar-refractivity contribution in [2.75, 3.05) is 19.6 Å². The zero-order chi connectivity index (χ0) is 18.8. The third kappa shape index (κ3) is 4.29. The maximum atomic E-state index is 6.27. The van der Waals surface area contributed by atoms with E-state index in [0.29, 0.717) is 22.7 Å². The number of benzene rings is 1. The molecule has 27 heavy (non-hydrogen) atoms. The van der Waals surface area contributed by atoms with Crippen LogP contribution in [0.3, 0.4) is 0 Å². The molecule has 0 saturated carbocycles. The molecule has 1 aromatic carbocycles. The summed E-state index contributed by atoms with van der Waals surface area (Å²) in [5.41, 5.74) is 1.93. The lowest BCUT2D eigenvalue weighted by molar-refractivity contribution is 0.196. The van der Waals surface area contributed by atoms with E-state index in [-0.39, 0.29) is 12.0 Å². The molecule has 2 aliphatic heterocycles. The maximum absolute atomic E-state index is 6.27. The van der Waals surface area contributed by atoms with Crippen LogP contribution in [-0.4, -0.2) is 39.4 Å². The summed E-state index contributed by atoms with van der Waals surface area (Å²) in [5.74, 6) is 8.50. The summed E-state index contributed by atoms with van der Waals surface area (Å²) in [6.45, 7) is 7.70. The van der Waals surface area contributed by atoms with Crippen molar-refractivity contribution >= 4 is 23.3 Å². The normalized spacial score (nSPS) is 25.1. The second-order valence-electron chi connectivity index (χ2n) is 7.79. The zero-order valence-electron chi connectivity index (χ0n) is 15.7. The molecule has 6 heteroatoms. The van der Waals surface area contributed by atoms with E-state index in [1.165, 1.54) is 37.7 Å². The Morgan fingerprint density at radius 2 is 2.19 bits per heavy atom. The number of nitrogens with zero attached hydrogens (tertiary/aromatic N) is 3. The van der Waals surface area contributed by atoms with Gasteiger partial charge in [0.2, 0.25) is 0 Å². The summed E-state index contributed by atoms with van der Waals surface area (Å²) in [6.07, 6.45) is 2.34. The molecule has 0 amide bonds. The fraction of sp³-hybridized carbons (Fsp3) is 0.524. The summed E-state index contributed by atoms with van der Waals surface area (Å²) < 4.78 is 15.4. The highest BCUT2D eigenvalue weighted by atomic mass is 35.5. The van der Waals surface area contributed by atoms with Gasteiger partial charge >= 0.3 is 0 Å². The van der Waals surface area contributed by atoms with Crippen LogP contribution in [0.4, 0.5) is 0 Å². The highest BCUT2D eigenvalue weighted by Crippen LogP contribution is 2.41. The fourth-order valence-electron chi connectivity index (χ4n) is 3.99. The van der Waals surface area contributed by atoms with Crippen LogP contribution < -0.4 is 4.74 Å². The van der Waals surface area contributed by atoms with Gasteiger partial charge in [-0.3, -0.25) is 0 Å². The highest BCUT2D eigenvalue weighted by molar-refractivity contribution is 6.99. The third-order valence-electron chi connectivity index (χ3n) is 5.43. The summed E-state index contributed by atoms with van der Waals surface area (Å²) in [5, 5.41) is 0.692. The van der Waals surface area contributed by atoms with Gasteiger partial charge in [-0.05, 0) is 43.5 Å². The second kappa shape index (κ2) is 8.18. The average molecular weight is 402 g/mol. The second-order valence-corrected chi connectivity index (χ2v) is 8.75. The molecule has 4 rings (SSSR count). The number of ether oxygens (including phenoxy) is 1. The highest BCUT2D eigenvalue weighted by Gasteiger charge is 2.39. The topological polar surface area (TPSA) is 38.3 Å². The van der Waals surface area contributed by atoms with Crippen LogP contribution in [0.1, 0.15) is 43.9 Å². The van der Waals surface area contributed by atoms with E-state index < -0.39 is 0 Å². The number of hydrogen-bond donors (Lipinski definition) is 0. The lowest BCUT2D eigenvalue weighted by atomic mass is 9.89. The van der Waals surface area contributed by atoms with E-state index >= 15 is 0 Å². The van der Waals surface area contributed by atoms with Crippen LogP contribution in [0.5, 0.6) is 5.88 Å². The van der Waals surface area contributed by atoms with E-state index in [4.69, 9.17) is 16.3 Å². The molecule has 2 bridgehead atoms. The first kappa shape index (κ1) is 18.7. The summed E-state index contributed by atoms with van der Waals surface area (Å²) >= 11 is 7.30. The minimum atomic E-state index is -0.229. The molecule has 142 valence electrons. The zero-order valence-corrected chi connectivity index (χ0v) is 17.3. The smallest absolute Gasteiger partial charge is 0.250 e. The summed E-state index contributed by atoms with van der Waals surface area (Å²) in [7, 11) is 0. The van der Waals surface area contributed by atoms with Crippen LogP contribution in [0.25, 0.3) is 0 Å². The molecule has 1 unspecified atom stereocenters. The molecule has 0 N–H and O–H groups in total. The van der Waals surface area contributed by atoms with Gasteiger partial charge in [-0.2, -0.15) is 4.37 Å². The van der Waals surface area contributed by atoms with Crippen molar-refractivity contribution in [1.29, 1.82) is 0 Å². The van der Waals surface area contributed by atoms with E-state index in [2.05, 4.69) is 39.3 Å². The SMILES string of the molecule is CC(C)[C@H](C#Cc1cccc(Cl)c1)Oc1nsnc1[C@H]1CN2CCC[C@H]1C2. The van der Waals surface area contributed by atoms with Crippen molar-refractivity contribution in [2.24, 2.45) is 11.8 Å². The number of fused-ring (bicyclic) bond motifs is 2. The van der Waals surface area contributed by atoms with Crippen molar-refractivity contribution in [3.63, 3.8) is 0 Å². The standard InChI is InChI=1S/C21H24ClN3OS/c1-14(2)19(9-8-15-5-3-7-17(22)11-15)26-21-20(23-27-24-21)18-13-25-10-4-6-16(18)12-25/h3,5,7,11,14,16,18-19H,4,6,10,12-13H2,1-2H3/t16-,18-,19-/m0/s1. The molecule has 2 aromatic rings. The molecule has 4 atom stereocenters. The number of aromatic nitrogens is 2. The molecule has 1 aromatic heterocycles. The van der Waals surface area contributed by atoms with E-state index in [1.54, 1.807) is 0 Å². The van der Waals surface area contributed by atoms with Gasteiger partial charge in [0.25, 0.3) is 5.88 Å². The molecular formula is C21H24ClN3OS. The Hall–Kier alpha value is -1.61. The first-order valence-corrected chi connectivity index (χ1v) is 10.7. The van der Waals surface area contributed by atoms with Crippen LogP contribution in [0.2, 0.25) is 5.02 Å². The van der Waals surface area contributed by atoms with Crippen molar-refractivity contribution in [1.82, 2.24) is 13.6 Å². The Morgan fingerprint density at radius 1 is 1.30 bits per heavy atom. The molecule has 0 radical (unpaired) electrons. The molecule has 0 aliphatic carbocycles. The van der Waals surface area contributed by atoms with Gasteiger partial charge in [-0.25, -0.2) is 0 Å². The van der Waals surface area contributed by atoms with Gasteiger partial charge in [0, 0.05) is 35.5 Å². The Bertz CT molecular complexity index is 856. The van der Waals surface area contributed by atoms with Gasteiger partial charge in [0.05, 0.1) is 11.7 Å². The molecule has 4 nitrogen and oxygen atoms in total. The maximum Gasteiger partial charge on any atom is 0.250 e. The minimum Gasteiger partial charge on any atom is -0.459 e. The van der Waals surface area contributed by atoms with Crippen LogP contribution in [0, 0.1) is 23.7 Å². The van der Waals surface area contributed by atoms with Crippen LogP contribution in [0.15, 0.2) is 24.3 Å². The monoisotopic (exact) mass is 401 g/mol. The molecule has 0 spiro atoms. The van der Waals surface area contributed by atoms with Crippen molar-refractivity contribution < 1.29 is 4.74 Å². The molecular weight excluding hydrogens is 378 g/mol. The van der Waals surface area contributed by atoms with E-state index in [0.717, 1.165) is 17.8 Å². The number of hydrogen-bond acceptors (Lipinski definition) is 5. The van der Waals surface area contributed by atoms with Gasteiger partial charge in [-0.1, -0.05) is 43.4 Å². The first-order valence-electron chi connectivity index (χ1n) is 9.58. The van der Waals surface area contributed by atoms with E-state index in [9.17, 15) is 0 Å². The first-order chi connectivity index (χ1) is 13.1. The Kier molecular flexibility index (Phi) is 5.68. The average Bonchev–Trinajstić information content (AvgIpc) is 3.21. The van der Waals surface area contributed by atoms with Gasteiger partial charge in [-0.15, -0.1) is 4.37 Å². The van der Waals surface area contributed by atoms with Crippen molar-refractivity contribution in [2.45, 2.75) is 38.7 Å². The van der Waals surface area contributed by atoms with Crippen LogP contribution in [-0.2, 0) is 0 Å². The largest absolute Gasteiger partial charge is 0.459 e.